The van der Waals surface area contributed by atoms with Gasteiger partial charge in [-0.1, -0.05) is 42.7 Å². The quantitative estimate of drug-likeness (QED) is 0.910. The minimum absolute atomic E-state index is 0.0382. The van der Waals surface area contributed by atoms with Crippen LogP contribution in [-0.2, 0) is 6.54 Å². The summed E-state index contributed by atoms with van der Waals surface area (Å²) in [4.78, 5) is 4.31. The Kier molecular flexibility index (Phi) is 4.78. The Bertz CT molecular complexity index is 580. The molecule has 2 rings (SSSR count). The maximum atomic E-state index is 6.14. The van der Waals surface area contributed by atoms with Gasteiger partial charge in [0.05, 0.1) is 6.04 Å². The van der Waals surface area contributed by atoms with Crippen molar-refractivity contribution in [3.63, 3.8) is 0 Å². The Hall–Kier alpha value is -1.39. The van der Waals surface area contributed by atoms with Crippen molar-refractivity contribution < 1.29 is 4.52 Å². The average molecular weight is 294 g/mol. The van der Waals surface area contributed by atoms with Crippen molar-refractivity contribution in [3.05, 3.63) is 46.1 Å². The molecule has 1 unspecified atom stereocenters. The lowest BCUT2D eigenvalue weighted by Gasteiger charge is -2.18. The number of hydrogen-bond acceptors (Lipinski definition) is 4. The van der Waals surface area contributed by atoms with Crippen LogP contribution in [0.1, 0.15) is 42.7 Å². The van der Waals surface area contributed by atoms with E-state index in [9.17, 15) is 0 Å². The summed E-state index contributed by atoms with van der Waals surface area (Å²) < 4.78 is 5.27. The molecule has 0 amide bonds. The number of nitrogens with zero attached hydrogens (tertiary/aromatic N) is 2. The van der Waals surface area contributed by atoms with E-state index in [-0.39, 0.29) is 6.04 Å². The van der Waals surface area contributed by atoms with Gasteiger partial charge in [0.25, 0.3) is 0 Å². The SMILES string of the molecule is Cc1noc(C(NCc2ccc(C)c(Cl)c2)C(C)C)n1. The zero-order chi connectivity index (χ0) is 14.7. The Morgan fingerprint density at radius 1 is 1.30 bits per heavy atom. The van der Waals surface area contributed by atoms with Crippen LogP contribution in [0.3, 0.4) is 0 Å². The van der Waals surface area contributed by atoms with Crippen LogP contribution in [0.4, 0.5) is 0 Å². The zero-order valence-corrected chi connectivity index (χ0v) is 13.0. The van der Waals surface area contributed by atoms with Gasteiger partial charge in [-0.2, -0.15) is 4.98 Å². The number of halogens is 1. The van der Waals surface area contributed by atoms with Gasteiger partial charge in [-0.15, -0.1) is 0 Å². The minimum atomic E-state index is 0.0382. The van der Waals surface area contributed by atoms with Gasteiger partial charge in [0.1, 0.15) is 0 Å². The first-order chi connectivity index (χ1) is 9.47. The highest BCUT2D eigenvalue weighted by Crippen LogP contribution is 2.22. The van der Waals surface area contributed by atoms with Gasteiger partial charge in [-0.25, -0.2) is 0 Å². The third kappa shape index (κ3) is 3.58. The lowest BCUT2D eigenvalue weighted by molar-refractivity contribution is 0.287. The number of aryl methyl sites for hydroxylation is 2. The van der Waals surface area contributed by atoms with Crippen molar-refractivity contribution in [3.8, 4) is 0 Å². The Balaban J connectivity index is 2.07. The van der Waals surface area contributed by atoms with Gasteiger partial charge in [0.2, 0.25) is 5.89 Å². The molecule has 0 saturated heterocycles. The van der Waals surface area contributed by atoms with Crippen LogP contribution in [-0.4, -0.2) is 10.1 Å². The Labute approximate surface area is 124 Å². The molecular weight excluding hydrogens is 274 g/mol. The summed E-state index contributed by atoms with van der Waals surface area (Å²) in [5.74, 6) is 1.65. The van der Waals surface area contributed by atoms with Crippen molar-refractivity contribution in [2.75, 3.05) is 0 Å². The molecule has 0 bridgehead atoms. The predicted molar refractivity (Wildman–Crippen MR) is 79.6 cm³/mol. The van der Waals surface area contributed by atoms with Crippen molar-refractivity contribution >= 4 is 11.6 Å². The number of benzene rings is 1. The predicted octanol–water partition coefficient (Wildman–Crippen LogP) is 3.83. The van der Waals surface area contributed by atoms with Crippen LogP contribution in [0.2, 0.25) is 5.02 Å². The lowest BCUT2D eigenvalue weighted by atomic mass is 10.0. The topological polar surface area (TPSA) is 51.0 Å². The van der Waals surface area contributed by atoms with Crippen LogP contribution in [0.15, 0.2) is 22.7 Å². The molecule has 0 fully saturated rings. The zero-order valence-electron chi connectivity index (χ0n) is 12.3. The lowest BCUT2D eigenvalue weighted by Crippen LogP contribution is -2.25. The summed E-state index contributed by atoms with van der Waals surface area (Å²) in [6, 6.07) is 6.13. The molecule has 1 atom stereocenters. The van der Waals surface area contributed by atoms with E-state index in [1.807, 2.05) is 26.0 Å². The van der Waals surface area contributed by atoms with Crippen LogP contribution < -0.4 is 5.32 Å². The maximum Gasteiger partial charge on any atom is 0.244 e. The first-order valence-electron chi connectivity index (χ1n) is 6.76. The molecule has 0 aliphatic rings. The number of rotatable bonds is 5. The van der Waals surface area contributed by atoms with E-state index in [2.05, 4.69) is 35.4 Å². The van der Waals surface area contributed by atoms with Gasteiger partial charge in [-0.05, 0) is 37.0 Å². The molecule has 20 heavy (non-hydrogen) atoms. The Morgan fingerprint density at radius 2 is 2.05 bits per heavy atom. The van der Waals surface area contributed by atoms with Crippen LogP contribution in [0.25, 0.3) is 0 Å². The summed E-state index contributed by atoms with van der Waals surface area (Å²) in [7, 11) is 0. The largest absolute Gasteiger partial charge is 0.338 e. The van der Waals surface area contributed by atoms with E-state index in [1.165, 1.54) is 0 Å². The number of aromatic nitrogens is 2. The molecule has 0 spiro atoms. The molecular formula is C15H20ClN3O. The van der Waals surface area contributed by atoms with Crippen LogP contribution >= 0.6 is 11.6 Å². The molecule has 2 aromatic rings. The fourth-order valence-electron chi connectivity index (χ4n) is 2.02. The third-order valence-corrected chi connectivity index (χ3v) is 3.65. The molecule has 5 heteroatoms. The summed E-state index contributed by atoms with van der Waals surface area (Å²) in [6.45, 7) is 8.78. The van der Waals surface area contributed by atoms with Gasteiger partial charge < -0.3 is 9.84 Å². The second-order valence-corrected chi connectivity index (χ2v) is 5.77. The molecule has 108 valence electrons. The molecule has 1 aromatic heterocycles. The van der Waals surface area contributed by atoms with Crippen LogP contribution in [0.5, 0.6) is 0 Å². The molecule has 0 radical (unpaired) electrons. The minimum Gasteiger partial charge on any atom is -0.338 e. The van der Waals surface area contributed by atoms with E-state index in [0.29, 0.717) is 24.2 Å². The third-order valence-electron chi connectivity index (χ3n) is 3.24. The fourth-order valence-corrected chi connectivity index (χ4v) is 2.22. The second kappa shape index (κ2) is 6.37. The summed E-state index contributed by atoms with van der Waals surface area (Å²) in [5.41, 5.74) is 2.23. The van der Waals surface area contributed by atoms with Crippen molar-refractivity contribution in [1.82, 2.24) is 15.5 Å². The summed E-state index contributed by atoms with van der Waals surface area (Å²) in [6.07, 6.45) is 0. The van der Waals surface area contributed by atoms with Gasteiger partial charge in [0.15, 0.2) is 5.82 Å². The molecule has 4 nitrogen and oxygen atoms in total. The highest BCUT2D eigenvalue weighted by atomic mass is 35.5. The average Bonchev–Trinajstić information content (AvgIpc) is 2.80. The molecule has 0 aliphatic carbocycles. The van der Waals surface area contributed by atoms with Crippen molar-refractivity contribution in [2.24, 2.45) is 5.92 Å². The first kappa shape index (κ1) is 15.0. The van der Waals surface area contributed by atoms with Crippen LogP contribution in [0, 0.1) is 19.8 Å². The van der Waals surface area contributed by atoms with Gasteiger partial charge in [-0.3, -0.25) is 0 Å². The molecule has 1 aromatic carbocycles. The van der Waals surface area contributed by atoms with E-state index < -0.39 is 0 Å². The number of hydrogen-bond donors (Lipinski definition) is 1. The normalized spacial score (nSPS) is 12.9. The second-order valence-electron chi connectivity index (χ2n) is 5.37. The highest BCUT2D eigenvalue weighted by molar-refractivity contribution is 6.31. The molecule has 1 heterocycles. The van der Waals surface area contributed by atoms with Gasteiger partial charge >= 0.3 is 0 Å². The van der Waals surface area contributed by atoms with Gasteiger partial charge in [0, 0.05) is 11.6 Å². The monoisotopic (exact) mass is 293 g/mol. The Morgan fingerprint density at radius 3 is 2.60 bits per heavy atom. The standard InChI is InChI=1S/C15H20ClN3O/c1-9(2)14(15-18-11(4)19-20-15)17-8-12-6-5-10(3)13(16)7-12/h5-7,9,14,17H,8H2,1-4H3. The highest BCUT2D eigenvalue weighted by Gasteiger charge is 2.21. The van der Waals surface area contributed by atoms with E-state index >= 15 is 0 Å². The molecule has 0 saturated carbocycles. The smallest absolute Gasteiger partial charge is 0.244 e. The summed E-state index contributed by atoms with van der Waals surface area (Å²) >= 11 is 6.14. The summed E-state index contributed by atoms with van der Waals surface area (Å²) in [5, 5.41) is 8.10. The molecule has 1 N–H and O–H groups in total. The number of nitrogens with one attached hydrogen (secondary N) is 1. The first-order valence-corrected chi connectivity index (χ1v) is 7.13. The van der Waals surface area contributed by atoms with E-state index in [0.717, 1.165) is 16.1 Å². The fraction of sp³-hybridized carbons (Fsp3) is 0.467. The van der Waals surface area contributed by atoms with Crippen molar-refractivity contribution in [1.29, 1.82) is 0 Å². The van der Waals surface area contributed by atoms with E-state index in [4.69, 9.17) is 16.1 Å². The van der Waals surface area contributed by atoms with E-state index in [1.54, 1.807) is 0 Å². The van der Waals surface area contributed by atoms with Crippen molar-refractivity contribution in [2.45, 2.75) is 40.3 Å². The molecule has 0 aliphatic heterocycles. The maximum absolute atomic E-state index is 6.14.